The summed E-state index contributed by atoms with van der Waals surface area (Å²) in [6.45, 7) is 0. The van der Waals surface area contributed by atoms with Gasteiger partial charge in [0.2, 0.25) is 5.95 Å². The van der Waals surface area contributed by atoms with Crippen molar-refractivity contribution < 1.29 is 14.6 Å². The van der Waals surface area contributed by atoms with Crippen LogP contribution in [0.15, 0.2) is 48.8 Å². The zero-order chi connectivity index (χ0) is 17.4. The third kappa shape index (κ3) is 2.59. The monoisotopic (exact) mass is 335 g/mol. The molecule has 2 N–H and O–H groups in total. The van der Waals surface area contributed by atoms with E-state index < -0.39 is 5.97 Å². The van der Waals surface area contributed by atoms with E-state index >= 15 is 0 Å². The number of nitrogens with zero attached hydrogens (tertiary/aromatic N) is 4. The van der Waals surface area contributed by atoms with E-state index in [0.29, 0.717) is 17.0 Å². The van der Waals surface area contributed by atoms with Crippen LogP contribution in [-0.2, 0) is 0 Å². The van der Waals surface area contributed by atoms with Crippen LogP contribution in [-0.4, -0.2) is 37.8 Å². The predicted molar refractivity (Wildman–Crippen MR) is 91.5 cm³/mol. The highest BCUT2D eigenvalue weighted by atomic mass is 16.5. The maximum atomic E-state index is 11.3. The Balaban J connectivity index is 1.89. The van der Waals surface area contributed by atoms with Gasteiger partial charge in [0.25, 0.3) is 0 Å². The summed E-state index contributed by atoms with van der Waals surface area (Å²) in [7, 11) is 1.60. The summed E-state index contributed by atoms with van der Waals surface area (Å²) in [5, 5.41) is 17.3. The molecule has 124 valence electrons. The molecule has 0 fully saturated rings. The molecule has 0 aliphatic rings. The summed E-state index contributed by atoms with van der Waals surface area (Å²) < 4.78 is 6.61. The molecule has 0 unspecified atom stereocenters. The fourth-order valence-corrected chi connectivity index (χ4v) is 2.57. The number of benzene rings is 1. The largest absolute Gasteiger partial charge is 0.497 e. The number of carbonyl (C=O) groups is 1. The average Bonchev–Trinajstić information content (AvgIpc) is 3.09. The van der Waals surface area contributed by atoms with Gasteiger partial charge in [0.15, 0.2) is 5.69 Å². The summed E-state index contributed by atoms with van der Waals surface area (Å²) in [6, 6.07) is 10.6. The minimum atomic E-state index is -1.10. The zero-order valence-corrected chi connectivity index (χ0v) is 13.2. The molecule has 8 nitrogen and oxygen atoms in total. The smallest absolute Gasteiger partial charge is 0.356 e. The molecule has 0 atom stereocenters. The minimum Gasteiger partial charge on any atom is -0.497 e. The van der Waals surface area contributed by atoms with Crippen LogP contribution in [0.4, 0.5) is 11.6 Å². The number of nitrogens with one attached hydrogen (secondary N) is 1. The molecule has 25 heavy (non-hydrogen) atoms. The van der Waals surface area contributed by atoms with E-state index in [1.165, 1.54) is 10.6 Å². The summed E-state index contributed by atoms with van der Waals surface area (Å²) in [4.78, 5) is 19.9. The van der Waals surface area contributed by atoms with Crippen molar-refractivity contribution in [3.63, 3.8) is 0 Å². The molecule has 0 amide bonds. The molecular weight excluding hydrogens is 322 g/mol. The molecular formula is C17H13N5O3. The Morgan fingerprint density at radius 3 is 2.76 bits per heavy atom. The topological polar surface area (TPSA) is 102 Å². The number of anilines is 2. The van der Waals surface area contributed by atoms with E-state index in [2.05, 4.69) is 20.4 Å². The molecule has 3 aromatic heterocycles. The number of rotatable bonds is 4. The van der Waals surface area contributed by atoms with Gasteiger partial charge in [0, 0.05) is 23.5 Å². The molecule has 0 aliphatic carbocycles. The van der Waals surface area contributed by atoms with Gasteiger partial charge in [-0.25, -0.2) is 9.78 Å². The van der Waals surface area contributed by atoms with Gasteiger partial charge in [-0.2, -0.15) is 9.61 Å². The van der Waals surface area contributed by atoms with E-state index in [9.17, 15) is 9.90 Å². The molecule has 0 saturated carbocycles. The van der Waals surface area contributed by atoms with Crippen LogP contribution in [0.5, 0.6) is 5.75 Å². The van der Waals surface area contributed by atoms with Gasteiger partial charge in [-0.3, -0.25) is 4.98 Å². The molecule has 1 aromatic carbocycles. The molecule has 3 heterocycles. The summed E-state index contributed by atoms with van der Waals surface area (Å²) >= 11 is 0. The highest BCUT2D eigenvalue weighted by Gasteiger charge is 2.15. The highest BCUT2D eigenvalue weighted by Crippen LogP contribution is 2.25. The zero-order valence-electron chi connectivity index (χ0n) is 13.2. The Kier molecular flexibility index (Phi) is 3.42. The van der Waals surface area contributed by atoms with Crippen molar-refractivity contribution in [2.24, 2.45) is 0 Å². The number of carboxylic acids is 1. The number of hydrogen-bond donors (Lipinski definition) is 2. The van der Waals surface area contributed by atoms with Crippen molar-refractivity contribution in [2.75, 3.05) is 12.4 Å². The maximum absolute atomic E-state index is 11.3. The lowest BCUT2D eigenvalue weighted by Gasteiger charge is -2.10. The van der Waals surface area contributed by atoms with E-state index in [1.807, 2.05) is 24.3 Å². The second-order valence-electron chi connectivity index (χ2n) is 5.31. The summed E-state index contributed by atoms with van der Waals surface area (Å²) in [6.07, 6.45) is 3.28. The van der Waals surface area contributed by atoms with Crippen molar-refractivity contribution >= 4 is 34.0 Å². The molecule has 4 rings (SSSR count). The summed E-state index contributed by atoms with van der Waals surface area (Å²) in [5.41, 5.74) is 2.02. The average molecular weight is 335 g/mol. The first kappa shape index (κ1) is 14.9. The normalized spacial score (nSPS) is 10.9. The van der Waals surface area contributed by atoms with Gasteiger partial charge in [-0.15, -0.1) is 0 Å². The van der Waals surface area contributed by atoms with Crippen LogP contribution in [0, 0.1) is 0 Å². The molecule has 8 heteroatoms. The lowest BCUT2D eigenvalue weighted by Crippen LogP contribution is -2.05. The van der Waals surface area contributed by atoms with E-state index in [1.54, 1.807) is 25.6 Å². The molecule has 0 spiro atoms. The Bertz CT molecular complexity index is 1090. The Morgan fingerprint density at radius 2 is 2.04 bits per heavy atom. The first-order valence-electron chi connectivity index (χ1n) is 7.43. The van der Waals surface area contributed by atoms with Gasteiger partial charge in [-0.1, -0.05) is 0 Å². The fraction of sp³-hybridized carbons (Fsp3) is 0.0588. The molecule has 4 aromatic rings. The van der Waals surface area contributed by atoms with Crippen LogP contribution in [0.2, 0.25) is 0 Å². The lowest BCUT2D eigenvalue weighted by molar-refractivity contribution is 0.0690. The number of aromatic nitrogens is 4. The fourth-order valence-electron chi connectivity index (χ4n) is 2.57. The van der Waals surface area contributed by atoms with E-state index in [-0.39, 0.29) is 5.69 Å². The molecule has 0 saturated heterocycles. The van der Waals surface area contributed by atoms with Crippen LogP contribution >= 0.6 is 0 Å². The van der Waals surface area contributed by atoms with Gasteiger partial charge in [0.1, 0.15) is 5.75 Å². The first-order chi connectivity index (χ1) is 12.2. The Morgan fingerprint density at radius 1 is 1.24 bits per heavy atom. The Hall–Kier alpha value is -3.68. The second-order valence-corrected chi connectivity index (χ2v) is 5.31. The number of fused-ring (bicyclic) bond motifs is 3. The third-order valence-electron chi connectivity index (χ3n) is 3.78. The molecule has 0 aliphatic heterocycles. The predicted octanol–water partition coefficient (Wildman–Crippen LogP) is 2.73. The standard InChI is InChI=1S/C17H13N5O3/c1-25-11-4-2-10(3-5-11)19-17-20-13-6-7-18-9-12(13)15-8-14(16(23)24)21-22(15)17/h2-9H,1H3,(H,19,20)(H,23,24). The SMILES string of the molecule is COc1ccc(Nc2nc3ccncc3c3cc(C(=O)O)nn23)cc1. The van der Waals surface area contributed by atoms with E-state index in [0.717, 1.165) is 16.8 Å². The minimum absolute atomic E-state index is 0.0593. The van der Waals surface area contributed by atoms with Crippen LogP contribution in [0.25, 0.3) is 16.4 Å². The quantitative estimate of drug-likeness (QED) is 0.591. The first-order valence-corrected chi connectivity index (χ1v) is 7.43. The van der Waals surface area contributed by atoms with Crippen molar-refractivity contribution in [1.82, 2.24) is 19.6 Å². The third-order valence-corrected chi connectivity index (χ3v) is 3.78. The van der Waals surface area contributed by atoms with Crippen molar-refractivity contribution in [3.8, 4) is 5.75 Å². The number of ether oxygens (including phenoxy) is 1. The summed E-state index contributed by atoms with van der Waals surface area (Å²) in [5.74, 6) is 0.0444. The lowest BCUT2D eigenvalue weighted by atomic mass is 10.2. The van der Waals surface area contributed by atoms with Crippen LogP contribution in [0.1, 0.15) is 10.5 Å². The highest BCUT2D eigenvalue weighted by molar-refractivity contribution is 5.97. The van der Waals surface area contributed by atoms with Crippen molar-refractivity contribution in [2.45, 2.75) is 0 Å². The number of carboxylic acid groups (broad SMARTS) is 1. The van der Waals surface area contributed by atoms with Crippen molar-refractivity contribution in [3.05, 3.63) is 54.5 Å². The van der Waals surface area contributed by atoms with Crippen LogP contribution < -0.4 is 10.1 Å². The van der Waals surface area contributed by atoms with Crippen molar-refractivity contribution in [1.29, 1.82) is 0 Å². The number of methoxy groups -OCH3 is 1. The number of aromatic carboxylic acids is 1. The molecule has 0 bridgehead atoms. The van der Waals surface area contributed by atoms with E-state index in [4.69, 9.17) is 4.74 Å². The van der Waals surface area contributed by atoms with Gasteiger partial charge >= 0.3 is 5.97 Å². The van der Waals surface area contributed by atoms with Gasteiger partial charge in [0.05, 0.1) is 18.1 Å². The molecule has 0 radical (unpaired) electrons. The Labute approximate surface area is 141 Å². The van der Waals surface area contributed by atoms with Gasteiger partial charge in [-0.05, 0) is 36.4 Å². The van der Waals surface area contributed by atoms with Gasteiger partial charge < -0.3 is 15.2 Å². The number of hydrogen-bond acceptors (Lipinski definition) is 6. The second kappa shape index (κ2) is 5.75. The van der Waals surface area contributed by atoms with Crippen LogP contribution in [0.3, 0.4) is 0 Å². The maximum Gasteiger partial charge on any atom is 0.356 e. The number of pyridine rings is 1.